The number of carbonyl (C=O) groups excluding carboxylic acids is 1. The van der Waals surface area contributed by atoms with Crippen LogP contribution in [-0.2, 0) is 11.2 Å². The Morgan fingerprint density at radius 2 is 2.44 bits per heavy atom. The fourth-order valence-corrected chi connectivity index (χ4v) is 2.09. The summed E-state index contributed by atoms with van der Waals surface area (Å²) in [5, 5.41) is 8.98. The lowest BCUT2D eigenvalue weighted by molar-refractivity contribution is -0.127. The fraction of sp³-hybridized carbons (Fsp3) is 0.583. The van der Waals surface area contributed by atoms with E-state index in [0.717, 1.165) is 25.1 Å². The zero-order chi connectivity index (χ0) is 11.4. The predicted octanol–water partition coefficient (Wildman–Crippen LogP) is 1.05. The molecule has 1 atom stereocenters. The van der Waals surface area contributed by atoms with E-state index in [1.54, 1.807) is 6.26 Å². The van der Waals surface area contributed by atoms with Gasteiger partial charge in [0.15, 0.2) is 0 Å². The average molecular weight is 223 g/mol. The molecule has 88 valence electrons. The molecule has 1 unspecified atom stereocenters. The molecule has 0 radical (unpaired) electrons. The number of aryl methyl sites for hydroxylation is 1. The van der Waals surface area contributed by atoms with Gasteiger partial charge in [-0.15, -0.1) is 0 Å². The van der Waals surface area contributed by atoms with Crippen molar-refractivity contribution >= 4 is 5.91 Å². The van der Waals surface area contributed by atoms with Gasteiger partial charge in [-0.2, -0.15) is 0 Å². The summed E-state index contributed by atoms with van der Waals surface area (Å²) in [5.74, 6) is 1.26. The van der Waals surface area contributed by atoms with Crippen LogP contribution >= 0.6 is 0 Å². The van der Waals surface area contributed by atoms with Crippen molar-refractivity contribution in [2.45, 2.75) is 19.3 Å². The number of carbonyl (C=O) groups is 1. The van der Waals surface area contributed by atoms with Crippen LogP contribution in [0.2, 0.25) is 0 Å². The van der Waals surface area contributed by atoms with E-state index in [1.807, 2.05) is 17.0 Å². The second-order valence-corrected chi connectivity index (χ2v) is 4.28. The Kier molecular flexibility index (Phi) is 3.62. The van der Waals surface area contributed by atoms with Crippen molar-refractivity contribution in [1.82, 2.24) is 4.90 Å². The summed E-state index contributed by atoms with van der Waals surface area (Å²) in [6.45, 7) is 1.57. The van der Waals surface area contributed by atoms with Crippen LogP contribution in [0.1, 0.15) is 18.6 Å². The zero-order valence-corrected chi connectivity index (χ0v) is 9.26. The molecule has 0 spiro atoms. The minimum absolute atomic E-state index is 0.112. The number of amides is 1. The van der Waals surface area contributed by atoms with Crippen LogP contribution in [0, 0.1) is 5.92 Å². The van der Waals surface area contributed by atoms with Crippen LogP contribution in [0.3, 0.4) is 0 Å². The van der Waals surface area contributed by atoms with Crippen LogP contribution in [0.15, 0.2) is 22.8 Å². The molecule has 1 aromatic heterocycles. The van der Waals surface area contributed by atoms with E-state index < -0.39 is 0 Å². The summed E-state index contributed by atoms with van der Waals surface area (Å²) in [4.78, 5) is 13.4. The number of nitrogens with zero attached hydrogens (tertiary/aromatic N) is 1. The number of likely N-dealkylation sites (tertiary alicyclic amines) is 1. The Morgan fingerprint density at radius 3 is 3.06 bits per heavy atom. The van der Waals surface area contributed by atoms with Gasteiger partial charge in [0.05, 0.1) is 6.26 Å². The molecule has 2 heterocycles. The van der Waals surface area contributed by atoms with E-state index in [2.05, 4.69) is 0 Å². The number of aliphatic hydroxyl groups excluding tert-OH is 1. The summed E-state index contributed by atoms with van der Waals surface area (Å²) >= 11 is 0. The number of aliphatic hydroxyl groups is 1. The topological polar surface area (TPSA) is 53.7 Å². The van der Waals surface area contributed by atoms with Crippen LogP contribution in [0.25, 0.3) is 0 Å². The molecule has 0 aliphatic carbocycles. The third kappa shape index (κ3) is 2.64. The molecule has 1 aliphatic heterocycles. The van der Waals surface area contributed by atoms with Gasteiger partial charge in [-0.25, -0.2) is 0 Å². The Hall–Kier alpha value is -1.29. The van der Waals surface area contributed by atoms with Gasteiger partial charge < -0.3 is 14.4 Å². The Morgan fingerprint density at radius 1 is 1.56 bits per heavy atom. The van der Waals surface area contributed by atoms with Crippen molar-refractivity contribution in [3.05, 3.63) is 24.2 Å². The van der Waals surface area contributed by atoms with Crippen molar-refractivity contribution in [2.24, 2.45) is 5.92 Å². The molecule has 1 aliphatic rings. The summed E-state index contributed by atoms with van der Waals surface area (Å²) in [6, 6.07) is 3.82. The zero-order valence-electron chi connectivity index (χ0n) is 9.26. The van der Waals surface area contributed by atoms with Gasteiger partial charge in [0.2, 0.25) is 5.91 Å². The normalized spacial score (nSPS) is 20.7. The molecule has 1 amide bonds. The third-order valence-electron chi connectivity index (χ3n) is 2.98. The van der Waals surface area contributed by atoms with E-state index >= 15 is 0 Å². The van der Waals surface area contributed by atoms with E-state index in [1.165, 1.54) is 0 Å². The molecule has 1 N–H and O–H groups in total. The molecule has 16 heavy (non-hydrogen) atoms. The second-order valence-electron chi connectivity index (χ2n) is 4.28. The first-order valence-corrected chi connectivity index (χ1v) is 5.70. The number of hydrogen-bond acceptors (Lipinski definition) is 3. The van der Waals surface area contributed by atoms with Crippen LogP contribution in [0.4, 0.5) is 0 Å². The molecule has 0 aromatic carbocycles. The van der Waals surface area contributed by atoms with Gasteiger partial charge in [-0.05, 0) is 18.6 Å². The number of rotatable bonds is 5. The fourth-order valence-electron chi connectivity index (χ4n) is 2.09. The predicted molar refractivity (Wildman–Crippen MR) is 58.8 cm³/mol. The van der Waals surface area contributed by atoms with Crippen molar-refractivity contribution in [1.29, 1.82) is 0 Å². The highest BCUT2D eigenvalue weighted by molar-refractivity contribution is 5.78. The largest absolute Gasteiger partial charge is 0.469 e. The maximum absolute atomic E-state index is 11.5. The minimum atomic E-state index is 0.112. The van der Waals surface area contributed by atoms with Crippen LogP contribution in [-0.4, -0.2) is 35.6 Å². The summed E-state index contributed by atoms with van der Waals surface area (Å²) in [5.41, 5.74) is 0. The molecule has 1 fully saturated rings. The molecule has 0 bridgehead atoms. The van der Waals surface area contributed by atoms with Crippen molar-refractivity contribution in [2.75, 3.05) is 19.7 Å². The van der Waals surface area contributed by atoms with E-state index in [9.17, 15) is 4.79 Å². The molecule has 4 nitrogen and oxygen atoms in total. The standard InChI is InChI=1S/C12H17NO3/c14-9-10-7-12(15)13(8-10)5-1-3-11-4-2-6-16-11/h2,4,6,10,14H,1,3,5,7-9H2. The van der Waals surface area contributed by atoms with E-state index in [-0.39, 0.29) is 18.4 Å². The van der Waals surface area contributed by atoms with Crippen molar-refractivity contribution in [3.8, 4) is 0 Å². The molecular weight excluding hydrogens is 206 g/mol. The lowest BCUT2D eigenvalue weighted by Gasteiger charge is -2.15. The SMILES string of the molecule is O=C1CC(CO)CN1CCCc1ccco1. The maximum atomic E-state index is 11.5. The molecule has 2 rings (SSSR count). The van der Waals surface area contributed by atoms with Gasteiger partial charge in [0, 0.05) is 38.5 Å². The van der Waals surface area contributed by atoms with E-state index in [0.29, 0.717) is 13.0 Å². The van der Waals surface area contributed by atoms with Gasteiger partial charge >= 0.3 is 0 Å². The first kappa shape index (κ1) is 11.2. The smallest absolute Gasteiger partial charge is 0.223 e. The Bertz CT molecular complexity index is 334. The molecular formula is C12H17NO3. The minimum Gasteiger partial charge on any atom is -0.469 e. The third-order valence-corrected chi connectivity index (χ3v) is 2.98. The quantitative estimate of drug-likeness (QED) is 0.811. The first-order chi connectivity index (χ1) is 7.79. The highest BCUT2D eigenvalue weighted by Gasteiger charge is 2.28. The average Bonchev–Trinajstić information content (AvgIpc) is 2.89. The summed E-state index contributed by atoms with van der Waals surface area (Å²) < 4.78 is 5.22. The monoisotopic (exact) mass is 223 g/mol. The summed E-state index contributed by atoms with van der Waals surface area (Å²) in [7, 11) is 0. The molecule has 4 heteroatoms. The number of furan rings is 1. The highest BCUT2D eigenvalue weighted by Crippen LogP contribution is 2.17. The van der Waals surface area contributed by atoms with Gasteiger partial charge in [0.25, 0.3) is 0 Å². The first-order valence-electron chi connectivity index (χ1n) is 5.70. The van der Waals surface area contributed by atoms with Crippen molar-refractivity contribution in [3.63, 3.8) is 0 Å². The number of hydrogen-bond donors (Lipinski definition) is 1. The van der Waals surface area contributed by atoms with Crippen molar-refractivity contribution < 1.29 is 14.3 Å². The Balaban J connectivity index is 1.72. The second kappa shape index (κ2) is 5.16. The lowest BCUT2D eigenvalue weighted by Crippen LogP contribution is -2.26. The lowest BCUT2D eigenvalue weighted by atomic mass is 10.1. The Labute approximate surface area is 94.9 Å². The summed E-state index contributed by atoms with van der Waals surface area (Å²) in [6.07, 6.45) is 3.94. The van der Waals surface area contributed by atoms with Gasteiger partial charge in [-0.1, -0.05) is 0 Å². The van der Waals surface area contributed by atoms with E-state index in [4.69, 9.17) is 9.52 Å². The molecule has 0 saturated carbocycles. The molecule has 1 saturated heterocycles. The van der Waals surface area contributed by atoms with Gasteiger partial charge in [-0.3, -0.25) is 4.79 Å². The van der Waals surface area contributed by atoms with Crippen LogP contribution in [0.5, 0.6) is 0 Å². The maximum Gasteiger partial charge on any atom is 0.223 e. The highest BCUT2D eigenvalue weighted by atomic mass is 16.3. The van der Waals surface area contributed by atoms with Crippen LogP contribution < -0.4 is 0 Å². The van der Waals surface area contributed by atoms with Gasteiger partial charge in [0.1, 0.15) is 5.76 Å². The molecule has 1 aromatic rings.